The van der Waals surface area contributed by atoms with Crippen LogP contribution < -0.4 is 21.3 Å². The third-order valence-corrected chi connectivity index (χ3v) is 5.17. The molecule has 3 N–H and O–H groups in total. The number of methoxy groups -OCH3 is 1. The molecule has 2 atom stereocenters. The largest absolute Gasteiger partial charge is 0.497 e. The topological polar surface area (TPSA) is 87.0 Å². The second-order valence-corrected chi connectivity index (χ2v) is 6.87. The molecule has 0 saturated carbocycles. The van der Waals surface area contributed by atoms with Crippen LogP contribution >= 0.6 is 0 Å². The molecule has 1 aromatic heterocycles. The number of aromatic nitrogens is 2. The van der Waals surface area contributed by atoms with Crippen LogP contribution in [0.4, 0.5) is 4.39 Å². The predicted octanol–water partition coefficient (Wildman–Crippen LogP) is 2.06. The van der Waals surface area contributed by atoms with Gasteiger partial charge in [-0.15, -0.1) is 0 Å². The third-order valence-electron chi connectivity index (χ3n) is 5.17. The summed E-state index contributed by atoms with van der Waals surface area (Å²) in [5.41, 5.74) is 2.05. The Labute approximate surface area is 160 Å². The summed E-state index contributed by atoms with van der Waals surface area (Å²) in [6.07, 6.45) is 0.667. The molecule has 2 heterocycles. The highest BCUT2D eigenvalue weighted by Gasteiger charge is 2.33. The molecule has 1 aliphatic rings. The maximum absolute atomic E-state index is 13.5. The van der Waals surface area contributed by atoms with Gasteiger partial charge in [-0.3, -0.25) is 9.78 Å². The smallest absolute Gasteiger partial charge is 0.325 e. The Kier molecular flexibility index (Phi) is 4.83. The molecule has 0 fully saturated rings. The Morgan fingerprint density at radius 2 is 1.75 bits per heavy atom. The number of fused-ring (bicyclic) bond motifs is 1. The highest BCUT2D eigenvalue weighted by atomic mass is 19.1. The molecule has 1 aliphatic heterocycles. The van der Waals surface area contributed by atoms with Crippen molar-refractivity contribution >= 4 is 0 Å². The number of H-pyrrole nitrogens is 2. The number of hydrogen-bond acceptors (Lipinski definition) is 4. The van der Waals surface area contributed by atoms with Crippen LogP contribution in [0.5, 0.6) is 5.75 Å². The zero-order valence-electron chi connectivity index (χ0n) is 15.3. The molecule has 144 valence electrons. The van der Waals surface area contributed by atoms with E-state index in [4.69, 9.17) is 4.74 Å². The van der Waals surface area contributed by atoms with Crippen LogP contribution in [-0.4, -0.2) is 23.1 Å². The Hall–Kier alpha value is -3.19. The number of hydrogen-bond donors (Lipinski definition) is 3. The standard InChI is InChI=1S/C21H20FN3O3/c1-28-15-8-2-12(3-9-15)10-17-18(13-4-6-14(22)7-5-13)19-16(11-23-17)20(26)25-21(27)24-19/h2-9,17-18,23H,10-11H2,1H3,(H2,24,25,26,27). The molecular weight excluding hydrogens is 361 g/mol. The monoisotopic (exact) mass is 381 g/mol. The molecule has 2 unspecified atom stereocenters. The lowest BCUT2D eigenvalue weighted by Gasteiger charge is -2.34. The van der Waals surface area contributed by atoms with Crippen molar-refractivity contribution in [1.82, 2.24) is 15.3 Å². The summed E-state index contributed by atoms with van der Waals surface area (Å²) in [5.74, 6) is 0.150. The normalized spacial score (nSPS) is 18.5. The molecule has 7 heteroatoms. The van der Waals surface area contributed by atoms with Crippen LogP contribution in [0, 0.1) is 5.82 Å². The Morgan fingerprint density at radius 3 is 2.43 bits per heavy atom. The first-order valence-corrected chi connectivity index (χ1v) is 9.02. The molecule has 28 heavy (non-hydrogen) atoms. The fourth-order valence-electron chi connectivity index (χ4n) is 3.80. The van der Waals surface area contributed by atoms with Gasteiger partial charge in [0.1, 0.15) is 11.6 Å². The van der Waals surface area contributed by atoms with Crippen molar-refractivity contribution in [3.8, 4) is 5.75 Å². The van der Waals surface area contributed by atoms with E-state index in [2.05, 4.69) is 15.3 Å². The van der Waals surface area contributed by atoms with Crippen LogP contribution in [0.1, 0.15) is 28.3 Å². The number of aromatic amines is 2. The SMILES string of the molecule is COc1ccc(CC2NCc3c([nH]c(=O)[nH]c3=O)C2c2ccc(F)cc2)cc1. The quantitative estimate of drug-likeness (QED) is 0.646. The lowest BCUT2D eigenvalue weighted by Crippen LogP contribution is -2.46. The van der Waals surface area contributed by atoms with Gasteiger partial charge in [-0.05, 0) is 41.8 Å². The van der Waals surface area contributed by atoms with Gasteiger partial charge in [0.25, 0.3) is 5.56 Å². The summed E-state index contributed by atoms with van der Waals surface area (Å²) in [6, 6.07) is 13.8. The fourth-order valence-corrected chi connectivity index (χ4v) is 3.80. The van der Waals surface area contributed by atoms with Crippen molar-refractivity contribution in [2.75, 3.05) is 7.11 Å². The van der Waals surface area contributed by atoms with Gasteiger partial charge in [0.15, 0.2) is 0 Å². The lowest BCUT2D eigenvalue weighted by molar-refractivity contribution is 0.412. The van der Waals surface area contributed by atoms with E-state index in [9.17, 15) is 14.0 Å². The second kappa shape index (κ2) is 7.44. The van der Waals surface area contributed by atoms with Gasteiger partial charge in [-0.25, -0.2) is 9.18 Å². The molecule has 2 aromatic carbocycles. The second-order valence-electron chi connectivity index (χ2n) is 6.87. The van der Waals surface area contributed by atoms with Crippen LogP contribution in [0.3, 0.4) is 0 Å². The Bertz CT molecular complexity index is 1090. The van der Waals surface area contributed by atoms with Gasteiger partial charge < -0.3 is 15.0 Å². The summed E-state index contributed by atoms with van der Waals surface area (Å²) in [4.78, 5) is 29.3. The van der Waals surface area contributed by atoms with E-state index < -0.39 is 11.2 Å². The molecule has 0 saturated heterocycles. The average Bonchev–Trinajstić information content (AvgIpc) is 2.69. The number of rotatable bonds is 4. The van der Waals surface area contributed by atoms with Crippen molar-refractivity contribution < 1.29 is 9.13 Å². The van der Waals surface area contributed by atoms with Gasteiger partial charge in [-0.2, -0.15) is 0 Å². The molecule has 6 nitrogen and oxygen atoms in total. The average molecular weight is 381 g/mol. The van der Waals surface area contributed by atoms with Crippen molar-refractivity contribution in [2.24, 2.45) is 0 Å². The van der Waals surface area contributed by atoms with Crippen LogP contribution in [0.2, 0.25) is 0 Å². The summed E-state index contributed by atoms with van der Waals surface area (Å²) in [6.45, 7) is 0.347. The number of ether oxygens (including phenoxy) is 1. The van der Waals surface area contributed by atoms with Gasteiger partial charge in [0, 0.05) is 24.2 Å². The minimum atomic E-state index is -0.541. The van der Waals surface area contributed by atoms with Gasteiger partial charge >= 0.3 is 5.69 Å². The highest BCUT2D eigenvalue weighted by molar-refractivity contribution is 5.38. The Balaban J connectivity index is 1.77. The van der Waals surface area contributed by atoms with Gasteiger partial charge in [0.2, 0.25) is 0 Å². The third kappa shape index (κ3) is 3.48. The van der Waals surface area contributed by atoms with E-state index in [0.717, 1.165) is 16.9 Å². The van der Waals surface area contributed by atoms with E-state index in [0.29, 0.717) is 24.2 Å². The van der Waals surface area contributed by atoms with Gasteiger partial charge in [-0.1, -0.05) is 24.3 Å². The summed E-state index contributed by atoms with van der Waals surface area (Å²) in [7, 11) is 1.62. The Morgan fingerprint density at radius 1 is 1.04 bits per heavy atom. The zero-order chi connectivity index (χ0) is 19.7. The van der Waals surface area contributed by atoms with E-state index in [-0.39, 0.29) is 17.8 Å². The molecule has 0 aliphatic carbocycles. The zero-order valence-corrected chi connectivity index (χ0v) is 15.3. The van der Waals surface area contributed by atoms with E-state index in [1.807, 2.05) is 24.3 Å². The molecule has 0 bridgehead atoms. The minimum Gasteiger partial charge on any atom is -0.497 e. The summed E-state index contributed by atoms with van der Waals surface area (Å²) in [5, 5.41) is 3.41. The molecule has 0 amide bonds. The van der Waals surface area contributed by atoms with Crippen LogP contribution in [-0.2, 0) is 13.0 Å². The van der Waals surface area contributed by atoms with Crippen molar-refractivity contribution in [3.05, 3.63) is 97.6 Å². The number of nitrogens with one attached hydrogen (secondary N) is 3. The highest BCUT2D eigenvalue weighted by Crippen LogP contribution is 2.33. The van der Waals surface area contributed by atoms with Crippen LogP contribution in [0.15, 0.2) is 58.1 Å². The summed E-state index contributed by atoms with van der Waals surface area (Å²) >= 11 is 0. The molecule has 4 rings (SSSR count). The molecular formula is C21H20FN3O3. The van der Waals surface area contributed by atoms with Crippen LogP contribution in [0.25, 0.3) is 0 Å². The lowest BCUT2D eigenvalue weighted by atomic mass is 9.81. The first kappa shape index (κ1) is 18.2. The number of benzene rings is 2. The van der Waals surface area contributed by atoms with E-state index in [1.54, 1.807) is 19.2 Å². The number of halogens is 1. The fraction of sp³-hybridized carbons (Fsp3) is 0.238. The predicted molar refractivity (Wildman–Crippen MR) is 103 cm³/mol. The minimum absolute atomic E-state index is 0.0798. The van der Waals surface area contributed by atoms with Gasteiger partial charge in [0.05, 0.1) is 12.7 Å². The molecule has 0 radical (unpaired) electrons. The summed E-state index contributed by atoms with van der Waals surface area (Å²) < 4.78 is 18.7. The first-order valence-electron chi connectivity index (χ1n) is 9.02. The van der Waals surface area contributed by atoms with E-state index in [1.165, 1.54) is 12.1 Å². The van der Waals surface area contributed by atoms with Crippen molar-refractivity contribution in [1.29, 1.82) is 0 Å². The maximum atomic E-state index is 13.5. The van der Waals surface area contributed by atoms with Crippen molar-refractivity contribution in [3.63, 3.8) is 0 Å². The maximum Gasteiger partial charge on any atom is 0.325 e. The molecule has 3 aromatic rings. The first-order chi connectivity index (χ1) is 13.5. The van der Waals surface area contributed by atoms with E-state index >= 15 is 0 Å². The van der Waals surface area contributed by atoms with Crippen molar-refractivity contribution in [2.45, 2.75) is 24.9 Å². The molecule has 0 spiro atoms.